The fourth-order valence-electron chi connectivity index (χ4n) is 3.02. The molecule has 2 rings (SSSR count). The van der Waals surface area contributed by atoms with Crippen LogP contribution in [-0.4, -0.2) is 52.4 Å². The van der Waals surface area contributed by atoms with Crippen LogP contribution in [-0.2, 0) is 4.74 Å². The van der Waals surface area contributed by atoms with Crippen molar-refractivity contribution in [1.29, 1.82) is 0 Å². The summed E-state index contributed by atoms with van der Waals surface area (Å²) in [5, 5.41) is 6.62. The number of guanidine groups is 1. The van der Waals surface area contributed by atoms with Gasteiger partial charge in [-0.2, -0.15) is 0 Å². The molecule has 0 spiro atoms. The molecule has 1 saturated heterocycles. The fourth-order valence-corrected chi connectivity index (χ4v) is 3.02. The number of ether oxygens (including phenoxy) is 1. The highest BCUT2D eigenvalue weighted by Gasteiger charge is 2.27. The van der Waals surface area contributed by atoms with E-state index in [1.54, 1.807) is 19.1 Å². The molecule has 7 heteroatoms. The van der Waals surface area contributed by atoms with E-state index in [9.17, 15) is 8.78 Å². The summed E-state index contributed by atoms with van der Waals surface area (Å²) in [5.41, 5.74) is 0.0629. The van der Waals surface area contributed by atoms with E-state index in [0.717, 1.165) is 44.8 Å². The molecule has 0 amide bonds. The zero-order valence-corrected chi connectivity index (χ0v) is 15.0. The van der Waals surface area contributed by atoms with Crippen LogP contribution in [0.15, 0.2) is 23.2 Å². The van der Waals surface area contributed by atoms with Crippen molar-refractivity contribution < 1.29 is 13.5 Å². The molecule has 5 nitrogen and oxygen atoms in total. The van der Waals surface area contributed by atoms with Crippen LogP contribution in [0, 0.1) is 11.6 Å². The second kappa shape index (κ2) is 10.2. The number of unbranched alkanes of at least 4 members (excludes halogenated alkanes) is 2. The number of halogens is 2. The molecule has 0 radical (unpaired) electrons. The van der Waals surface area contributed by atoms with Gasteiger partial charge in [-0.05, 0) is 37.8 Å². The molecule has 1 aliphatic rings. The summed E-state index contributed by atoms with van der Waals surface area (Å²) in [6.07, 6.45) is 4.00. The lowest BCUT2D eigenvalue weighted by Crippen LogP contribution is -2.45. The number of hydrogen-bond donors (Lipinski definition) is 2. The minimum absolute atomic E-state index is 0.0629. The predicted octanol–water partition coefficient (Wildman–Crippen LogP) is 2.53. The molecule has 1 aliphatic heterocycles. The summed E-state index contributed by atoms with van der Waals surface area (Å²) in [6, 6.07) is 4.09. The first-order valence-electron chi connectivity index (χ1n) is 8.80. The number of rotatable bonds is 8. The molecule has 25 heavy (non-hydrogen) atoms. The normalized spacial score (nSPS) is 17.8. The highest BCUT2D eigenvalue weighted by Crippen LogP contribution is 2.26. The number of methoxy groups -OCH3 is 1. The van der Waals surface area contributed by atoms with E-state index >= 15 is 0 Å². The molecule has 0 saturated carbocycles. The van der Waals surface area contributed by atoms with Crippen LogP contribution in [0.2, 0.25) is 0 Å². The van der Waals surface area contributed by atoms with Gasteiger partial charge >= 0.3 is 0 Å². The Labute approximate surface area is 148 Å². The van der Waals surface area contributed by atoms with Gasteiger partial charge in [0.15, 0.2) is 5.96 Å². The molecule has 0 aliphatic carbocycles. The first kappa shape index (κ1) is 19.4. The van der Waals surface area contributed by atoms with Gasteiger partial charge in [0.2, 0.25) is 0 Å². The van der Waals surface area contributed by atoms with E-state index in [4.69, 9.17) is 4.74 Å². The third-order valence-electron chi connectivity index (χ3n) is 4.32. The Morgan fingerprint density at radius 3 is 2.72 bits per heavy atom. The highest BCUT2D eigenvalue weighted by atomic mass is 19.1. The van der Waals surface area contributed by atoms with Crippen molar-refractivity contribution in [2.75, 3.05) is 45.3 Å². The number of nitrogens with one attached hydrogen (secondary N) is 2. The first-order chi connectivity index (χ1) is 12.2. The smallest absolute Gasteiger partial charge is 0.191 e. The molecule has 1 heterocycles. The van der Waals surface area contributed by atoms with Crippen LogP contribution in [0.25, 0.3) is 0 Å². The van der Waals surface area contributed by atoms with E-state index in [1.807, 2.05) is 0 Å². The maximum atomic E-state index is 13.9. The van der Waals surface area contributed by atoms with Gasteiger partial charge in [-0.1, -0.05) is 6.07 Å². The lowest BCUT2D eigenvalue weighted by Gasteiger charge is -2.21. The SMILES string of the molecule is CN=C(NCCCCCOC)NC1CCN(c2c(F)cccc2F)C1. The number of aliphatic imine (C=N–C) groups is 1. The quantitative estimate of drug-likeness (QED) is 0.428. The molecule has 1 unspecified atom stereocenters. The average molecular weight is 354 g/mol. The van der Waals surface area contributed by atoms with Gasteiger partial charge in [0.05, 0.1) is 0 Å². The van der Waals surface area contributed by atoms with Crippen molar-refractivity contribution in [3.05, 3.63) is 29.8 Å². The zero-order valence-electron chi connectivity index (χ0n) is 15.0. The maximum absolute atomic E-state index is 13.9. The van der Waals surface area contributed by atoms with Crippen molar-refractivity contribution in [3.8, 4) is 0 Å². The Hall–Kier alpha value is -1.89. The Morgan fingerprint density at radius 2 is 2.04 bits per heavy atom. The third-order valence-corrected chi connectivity index (χ3v) is 4.32. The van der Waals surface area contributed by atoms with E-state index in [1.165, 1.54) is 18.2 Å². The Morgan fingerprint density at radius 1 is 1.28 bits per heavy atom. The van der Waals surface area contributed by atoms with Crippen molar-refractivity contribution in [3.63, 3.8) is 0 Å². The summed E-state index contributed by atoms with van der Waals surface area (Å²) < 4.78 is 32.8. The summed E-state index contributed by atoms with van der Waals surface area (Å²) >= 11 is 0. The molecule has 1 aromatic carbocycles. The van der Waals surface area contributed by atoms with Gasteiger partial charge in [0.25, 0.3) is 0 Å². The molecule has 140 valence electrons. The number of para-hydroxylation sites is 1. The first-order valence-corrected chi connectivity index (χ1v) is 8.80. The van der Waals surface area contributed by atoms with E-state index in [2.05, 4.69) is 15.6 Å². The van der Waals surface area contributed by atoms with Crippen molar-refractivity contribution in [2.45, 2.75) is 31.7 Å². The molecule has 0 aromatic heterocycles. The number of benzene rings is 1. The summed E-state index contributed by atoms with van der Waals surface area (Å²) in [4.78, 5) is 5.97. The largest absolute Gasteiger partial charge is 0.385 e. The van der Waals surface area contributed by atoms with Crippen LogP contribution in [0.5, 0.6) is 0 Å². The van der Waals surface area contributed by atoms with E-state index in [-0.39, 0.29) is 11.7 Å². The Kier molecular flexibility index (Phi) is 7.91. The highest BCUT2D eigenvalue weighted by molar-refractivity contribution is 5.80. The molecule has 2 N–H and O–H groups in total. The molecule has 1 aromatic rings. The zero-order chi connectivity index (χ0) is 18.1. The monoisotopic (exact) mass is 354 g/mol. The van der Waals surface area contributed by atoms with Crippen LogP contribution < -0.4 is 15.5 Å². The summed E-state index contributed by atoms with van der Waals surface area (Å²) in [7, 11) is 3.44. The molecular formula is C18H28F2N4O. The van der Waals surface area contributed by atoms with Gasteiger partial charge in [-0.3, -0.25) is 4.99 Å². The van der Waals surface area contributed by atoms with Gasteiger partial charge in [-0.25, -0.2) is 8.78 Å². The van der Waals surface area contributed by atoms with E-state index < -0.39 is 11.6 Å². The van der Waals surface area contributed by atoms with Crippen LogP contribution in [0.3, 0.4) is 0 Å². The Bertz CT molecular complexity index is 548. The molecular weight excluding hydrogens is 326 g/mol. The number of nitrogens with zero attached hydrogens (tertiary/aromatic N) is 2. The minimum Gasteiger partial charge on any atom is -0.385 e. The van der Waals surface area contributed by atoms with E-state index in [0.29, 0.717) is 13.1 Å². The summed E-state index contributed by atoms with van der Waals surface area (Å²) in [6.45, 7) is 2.79. The molecule has 1 fully saturated rings. The third kappa shape index (κ3) is 5.85. The van der Waals surface area contributed by atoms with Gasteiger partial charge in [0.1, 0.15) is 17.3 Å². The van der Waals surface area contributed by atoms with Gasteiger partial charge < -0.3 is 20.3 Å². The lowest BCUT2D eigenvalue weighted by atomic mass is 10.2. The minimum atomic E-state index is -0.515. The second-order valence-electron chi connectivity index (χ2n) is 6.20. The summed E-state index contributed by atoms with van der Waals surface area (Å²) in [5.74, 6) is -0.300. The van der Waals surface area contributed by atoms with Crippen LogP contribution >= 0.6 is 0 Å². The molecule has 0 bridgehead atoms. The number of anilines is 1. The van der Waals surface area contributed by atoms with Gasteiger partial charge in [-0.15, -0.1) is 0 Å². The maximum Gasteiger partial charge on any atom is 0.191 e. The van der Waals surface area contributed by atoms with Crippen LogP contribution in [0.4, 0.5) is 14.5 Å². The van der Waals surface area contributed by atoms with Crippen molar-refractivity contribution in [2.24, 2.45) is 4.99 Å². The second-order valence-corrected chi connectivity index (χ2v) is 6.20. The predicted molar refractivity (Wildman–Crippen MR) is 97.2 cm³/mol. The topological polar surface area (TPSA) is 48.9 Å². The average Bonchev–Trinajstić information content (AvgIpc) is 3.05. The Balaban J connectivity index is 1.77. The van der Waals surface area contributed by atoms with Crippen LogP contribution in [0.1, 0.15) is 25.7 Å². The fraction of sp³-hybridized carbons (Fsp3) is 0.611. The van der Waals surface area contributed by atoms with Gasteiger partial charge in [0, 0.05) is 46.4 Å². The molecule has 1 atom stereocenters. The lowest BCUT2D eigenvalue weighted by molar-refractivity contribution is 0.192. The van der Waals surface area contributed by atoms with Crippen molar-refractivity contribution in [1.82, 2.24) is 10.6 Å². The standard InChI is InChI=1S/C18H28F2N4O/c1-21-18(22-10-4-3-5-12-25-2)23-14-9-11-24(13-14)17-15(19)7-6-8-16(17)20/h6-8,14H,3-5,9-13H2,1-2H3,(H2,21,22,23). The van der Waals surface area contributed by atoms with Crippen molar-refractivity contribution >= 4 is 11.6 Å². The number of hydrogen-bond acceptors (Lipinski definition) is 3.